The smallest absolute Gasteiger partial charge is 0.325 e. The third-order valence-corrected chi connectivity index (χ3v) is 3.70. The second kappa shape index (κ2) is 8.82. The Kier molecular flexibility index (Phi) is 7.43. The number of rotatable bonds is 7. The molecule has 0 saturated heterocycles. The summed E-state index contributed by atoms with van der Waals surface area (Å²) in [7, 11) is 1.59. The molecule has 0 heterocycles. The van der Waals surface area contributed by atoms with Gasteiger partial charge in [-0.1, -0.05) is 26.0 Å². The summed E-state index contributed by atoms with van der Waals surface area (Å²) in [6.45, 7) is 4.63. The van der Waals surface area contributed by atoms with Crippen molar-refractivity contribution in [3.8, 4) is 0 Å². The zero-order chi connectivity index (χ0) is 15.8. The fourth-order valence-electron chi connectivity index (χ4n) is 1.83. The number of carbonyl (C=O) groups excluding carboxylic acids is 2. The SMILES string of the molecule is CC(C)CCCOC(=O)CN(C)C(=O)c1ccccc1Br. The van der Waals surface area contributed by atoms with Gasteiger partial charge in [0.25, 0.3) is 5.91 Å². The van der Waals surface area contributed by atoms with E-state index in [0.29, 0.717) is 22.6 Å². The highest BCUT2D eigenvalue weighted by atomic mass is 79.9. The number of nitrogens with zero attached hydrogens (tertiary/aromatic N) is 1. The molecule has 0 bridgehead atoms. The molecular formula is C16H22BrNO3. The van der Waals surface area contributed by atoms with Crippen LogP contribution < -0.4 is 0 Å². The summed E-state index contributed by atoms with van der Waals surface area (Å²) < 4.78 is 5.85. The number of carbonyl (C=O) groups is 2. The summed E-state index contributed by atoms with van der Waals surface area (Å²) >= 11 is 3.33. The lowest BCUT2D eigenvalue weighted by molar-refractivity contribution is -0.144. The molecule has 1 aromatic carbocycles. The number of hydrogen-bond acceptors (Lipinski definition) is 3. The molecule has 0 N–H and O–H groups in total. The van der Waals surface area contributed by atoms with E-state index >= 15 is 0 Å². The van der Waals surface area contributed by atoms with E-state index in [1.54, 1.807) is 25.2 Å². The minimum Gasteiger partial charge on any atom is -0.464 e. The van der Waals surface area contributed by atoms with Crippen LogP contribution in [0.25, 0.3) is 0 Å². The van der Waals surface area contributed by atoms with E-state index in [-0.39, 0.29) is 18.4 Å². The number of likely N-dealkylation sites (N-methyl/N-ethyl adjacent to an activating group) is 1. The van der Waals surface area contributed by atoms with Crippen LogP contribution in [0.5, 0.6) is 0 Å². The second-order valence-electron chi connectivity index (χ2n) is 5.40. The van der Waals surface area contributed by atoms with Gasteiger partial charge >= 0.3 is 5.97 Å². The van der Waals surface area contributed by atoms with Crippen molar-refractivity contribution < 1.29 is 14.3 Å². The lowest BCUT2D eigenvalue weighted by Crippen LogP contribution is -2.33. The lowest BCUT2D eigenvalue weighted by atomic mass is 10.1. The highest BCUT2D eigenvalue weighted by Gasteiger charge is 2.17. The standard InChI is InChI=1S/C16H22BrNO3/c1-12(2)7-6-10-21-15(19)11-18(3)16(20)13-8-4-5-9-14(13)17/h4-5,8-9,12H,6-7,10-11H2,1-3H3. The maximum atomic E-state index is 12.2. The van der Waals surface area contributed by atoms with E-state index in [0.717, 1.165) is 12.8 Å². The Morgan fingerprint density at radius 3 is 2.57 bits per heavy atom. The Bertz CT molecular complexity index is 488. The minimum absolute atomic E-state index is 0.0398. The highest BCUT2D eigenvalue weighted by molar-refractivity contribution is 9.10. The number of halogens is 1. The van der Waals surface area contributed by atoms with Crippen LogP contribution in [0.15, 0.2) is 28.7 Å². The van der Waals surface area contributed by atoms with E-state index in [1.165, 1.54) is 4.90 Å². The molecule has 116 valence electrons. The number of ether oxygens (including phenoxy) is 1. The van der Waals surface area contributed by atoms with Crippen molar-refractivity contribution in [1.29, 1.82) is 0 Å². The van der Waals surface area contributed by atoms with Crippen molar-refractivity contribution in [3.05, 3.63) is 34.3 Å². The normalized spacial score (nSPS) is 10.5. The molecule has 0 spiro atoms. The molecule has 4 nitrogen and oxygen atoms in total. The largest absolute Gasteiger partial charge is 0.464 e. The van der Waals surface area contributed by atoms with Crippen molar-refractivity contribution in [2.24, 2.45) is 5.92 Å². The molecule has 0 aliphatic rings. The van der Waals surface area contributed by atoms with Crippen LogP contribution in [0.2, 0.25) is 0 Å². The van der Waals surface area contributed by atoms with Crippen molar-refractivity contribution >= 4 is 27.8 Å². The van der Waals surface area contributed by atoms with Crippen LogP contribution in [-0.2, 0) is 9.53 Å². The summed E-state index contributed by atoms with van der Waals surface area (Å²) in [5.41, 5.74) is 0.535. The number of amides is 1. The van der Waals surface area contributed by atoms with E-state index in [1.807, 2.05) is 6.07 Å². The molecular weight excluding hydrogens is 334 g/mol. The van der Waals surface area contributed by atoms with Gasteiger partial charge in [0, 0.05) is 11.5 Å². The fourth-order valence-corrected chi connectivity index (χ4v) is 2.28. The molecule has 0 fully saturated rings. The first-order valence-electron chi connectivity index (χ1n) is 7.07. The van der Waals surface area contributed by atoms with Crippen molar-refractivity contribution in [1.82, 2.24) is 4.90 Å². The van der Waals surface area contributed by atoms with Crippen LogP contribution in [-0.4, -0.2) is 37.0 Å². The summed E-state index contributed by atoms with van der Waals surface area (Å²) in [6, 6.07) is 7.14. The topological polar surface area (TPSA) is 46.6 Å². The van der Waals surface area contributed by atoms with Crippen LogP contribution in [0.1, 0.15) is 37.0 Å². The van der Waals surface area contributed by atoms with Gasteiger partial charge in [0.15, 0.2) is 0 Å². The van der Waals surface area contributed by atoms with E-state index in [4.69, 9.17) is 4.74 Å². The molecule has 0 saturated carbocycles. The van der Waals surface area contributed by atoms with E-state index in [9.17, 15) is 9.59 Å². The Morgan fingerprint density at radius 1 is 1.29 bits per heavy atom. The predicted octanol–water partition coefficient (Wildman–Crippen LogP) is 3.50. The first-order chi connectivity index (χ1) is 9.91. The summed E-state index contributed by atoms with van der Waals surface area (Å²) in [5, 5.41) is 0. The Balaban J connectivity index is 2.42. The zero-order valence-corrected chi connectivity index (χ0v) is 14.4. The van der Waals surface area contributed by atoms with Gasteiger partial charge in [0.2, 0.25) is 0 Å². The van der Waals surface area contributed by atoms with Gasteiger partial charge < -0.3 is 9.64 Å². The fraction of sp³-hybridized carbons (Fsp3) is 0.500. The molecule has 1 aromatic rings. The third-order valence-electron chi connectivity index (χ3n) is 3.01. The first kappa shape index (κ1) is 17.7. The minimum atomic E-state index is -0.373. The molecule has 1 amide bonds. The maximum absolute atomic E-state index is 12.2. The Labute approximate surface area is 134 Å². The van der Waals surface area contributed by atoms with Gasteiger partial charge in [-0.25, -0.2) is 0 Å². The van der Waals surface area contributed by atoms with Gasteiger partial charge in [-0.05, 0) is 46.8 Å². The number of esters is 1. The summed E-state index contributed by atoms with van der Waals surface area (Å²) in [6.07, 6.45) is 1.88. The van der Waals surface area contributed by atoms with Crippen molar-refractivity contribution in [2.75, 3.05) is 20.2 Å². The molecule has 0 aliphatic heterocycles. The number of benzene rings is 1. The molecule has 1 rings (SSSR count). The van der Waals surface area contributed by atoms with Gasteiger partial charge in [0.05, 0.1) is 12.2 Å². The molecule has 0 unspecified atom stereocenters. The van der Waals surface area contributed by atoms with Crippen LogP contribution >= 0.6 is 15.9 Å². The second-order valence-corrected chi connectivity index (χ2v) is 6.25. The Morgan fingerprint density at radius 2 is 1.95 bits per heavy atom. The van der Waals surface area contributed by atoms with E-state index in [2.05, 4.69) is 29.8 Å². The van der Waals surface area contributed by atoms with Crippen molar-refractivity contribution in [2.45, 2.75) is 26.7 Å². The van der Waals surface area contributed by atoms with Crippen LogP contribution in [0.4, 0.5) is 0 Å². The van der Waals surface area contributed by atoms with E-state index < -0.39 is 0 Å². The van der Waals surface area contributed by atoms with Crippen LogP contribution in [0, 0.1) is 5.92 Å². The highest BCUT2D eigenvalue weighted by Crippen LogP contribution is 2.17. The van der Waals surface area contributed by atoms with Crippen LogP contribution in [0.3, 0.4) is 0 Å². The Hall–Kier alpha value is -1.36. The predicted molar refractivity (Wildman–Crippen MR) is 86.1 cm³/mol. The molecule has 0 aromatic heterocycles. The van der Waals surface area contributed by atoms with Gasteiger partial charge in [-0.3, -0.25) is 9.59 Å². The van der Waals surface area contributed by atoms with Crippen molar-refractivity contribution in [3.63, 3.8) is 0 Å². The number of hydrogen-bond donors (Lipinski definition) is 0. The molecule has 21 heavy (non-hydrogen) atoms. The third kappa shape index (κ3) is 6.29. The molecule has 0 atom stereocenters. The first-order valence-corrected chi connectivity index (χ1v) is 7.86. The maximum Gasteiger partial charge on any atom is 0.325 e. The average molecular weight is 356 g/mol. The quantitative estimate of drug-likeness (QED) is 0.555. The van der Waals surface area contributed by atoms with Gasteiger partial charge in [0.1, 0.15) is 6.54 Å². The molecule has 5 heteroatoms. The average Bonchev–Trinajstić information content (AvgIpc) is 2.43. The molecule has 0 radical (unpaired) electrons. The lowest BCUT2D eigenvalue weighted by Gasteiger charge is -2.17. The monoisotopic (exact) mass is 355 g/mol. The zero-order valence-electron chi connectivity index (χ0n) is 12.8. The molecule has 0 aliphatic carbocycles. The summed E-state index contributed by atoms with van der Waals surface area (Å²) in [5.74, 6) is 0.0200. The summed E-state index contributed by atoms with van der Waals surface area (Å²) in [4.78, 5) is 25.3. The van der Waals surface area contributed by atoms with Gasteiger partial charge in [-0.15, -0.1) is 0 Å². The van der Waals surface area contributed by atoms with Gasteiger partial charge in [-0.2, -0.15) is 0 Å².